The molecule has 1 aliphatic heterocycles. The number of piperidine rings is 1. The maximum Gasteiger partial charge on any atom is 0.250 e. The molecule has 23 heavy (non-hydrogen) atoms. The number of hydrogen-bond acceptors (Lipinski definition) is 5. The van der Waals surface area contributed by atoms with Crippen LogP contribution in [0.1, 0.15) is 18.4 Å². The van der Waals surface area contributed by atoms with Crippen molar-refractivity contribution in [3.63, 3.8) is 0 Å². The van der Waals surface area contributed by atoms with E-state index in [0.29, 0.717) is 11.5 Å². The quantitative estimate of drug-likeness (QED) is 0.802. The van der Waals surface area contributed by atoms with Crippen LogP contribution in [-0.4, -0.2) is 39.1 Å². The summed E-state index contributed by atoms with van der Waals surface area (Å²) in [5.74, 6) is 0.502. The molecule has 6 heteroatoms. The lowest BCUT2D eigenvalue weighted by Crippen LogP contribution is -2.40. The number of benzene rings is 1. The minimum atomic E-state index is -0.414. The number of carbonyl (C=O) groups excluding carboxylic acids is 2. The zero-order valence-corrected chi connectivity index (χ0v) is 13.4. The number of ether oxygens (including phenoxy) is 2. The SMILES string of the molecule is COc1ccc(/C=C/C(=O)NC(=O)C2CCNCC2)cc1OC. The monoisotopic (exact) mass is 318 g/mol. The standard InChI is InChI=1S/C17H22N2O4/c1-22-14-5-3-12(11-15(14)23-2)4-6-16(20)19-17(21)13-7-9-18-10-8-13/h3-6,11,13,18H,7-10H2,1-2H3,(H,19,20,21)/b6-4+. The highest BCUT2D eigenvalue weighted by Crippen LogP contribution is 2.27. The van der Waals surface area contributed by atoms with Gasteiger partial charge in [0, 0.05) is 12.0 Å². The van der Waals surface area contributed by atoms with Crippen molar-refractivity contribution in [3.05, 3.63) is 29.8 Å². The number of methoxy groups -OCH3 is 2. The van der Waals surface area contributed by atoms with Crippen LogP contribution in [0.25, 0.3) is 6.08 Å². The van der Waals surface area contributed by atoms with E-state index in [-0.39, 0.29) is 11.8 Å². The highest BCUT2D eigenvalue weighted by atomic mass is 16.5. The van der Waals surface area contributed by atoms with Crippen LogP contribution in [0.3, 0.4) is 0 Å². The van der Waals surface area contributed by atoms with Gasteiger partial charge in [-0.1, -0.05) is 6.07 Å². The highest BCUT2D eigenvalue weighted by molar-refractivity contribution is 6.03. The predicted molar refractivity (Wildman–Crippen MR) is 87.3 cm³/mol. The van der Waals surface area contributed by atoms with E-state index in [1.807, 2.05) is 0 Å². The van der Waals surface area contributed by atoms with Crippen molar-refractivity contribution < 1.29 is 19.1 Å². The molecule has 0 unspecified atom stereocenters. The second-order valence-corrected chi connectivity index (χ2v) is 5.33. The molecule has 0 radical (unpaired) electrons. The summed E-state index contributed by atoms with van der Waals surface area (Å²) in [5, 5.41) is 5.61. The van der Waals surface area contributed by atoms with Gasteiger partial charge in [-0.3, -0.25) is 14.9 Å². The van der Waals surface area contributed by atoms with Crippen molar-refractivity contribution in [2.24, 2.45) is 5.92 Å². The van der Waals surface area contributed by atoms with Crippen LogP contribution in [0.15, 0.2) is 24.3 Å². The molecule has 0 saturated carbocycles. The lowest BCUT2D eigenvalue weighted by molar-refractivity contribution is -0.131. The average molecular weight is 318 g/mol. The smallest absolute Gasteiger partial charge is 0.250 e. The zero-order valence-electron chi connectivity index (χ0n) is 13.4. The Hall–Kier alpha value is -2.34. The molecule has 0 aromatic heterocycles. The Balaban J connectivity index is 1.93. The Morgan fingerprint density at radius 2 is 1.87 bits per heavy atom. The number of imide groups is 1. The highest BCUT2D eigenvalue weighted by Gasteiger charge is 2.21. The first-order chi connectivity index (χ1) is 11.1. The Labute approximate surface area is 135 Å². The summed E-state index contributed by atoms with van der Waals surface area (Å²) in [7, 11) is 3.11. The van der Waals surface area contributed by atoms with Crippen LogP contribution in [-0.2, 0) is 9.59 Å². The van der Waals surface area contributed by atoms with Crippen molar-refractivity contribution >= 4 is 17.9 Å². The molecule has 1 heterocycles. The zero-order chi connectivity index (χ0) is 16.7. The van der Waals surface area contributed by atoms with Crippen molar-refractivity contribution in [1.82, 2.24) is 10.6 Å². The maximum atomic E-state index is 12.0. The van der Waals surface area contributed by atoms with E-state index in [2.05, 4.69) is 10.6 Å². The van der Waals surface area contributed by atoms with E-state index >= 15 is 0 Å². The van der Waals surface area contributed by atoms with E-state index in [4.69, 9.17) is 9.47 Å². The molecule has 1 saturated heterocycles. The second-order valence-electron chi connectivity index (χ2n) is 5.33. The molecular weight excluding hydrogens is 296 g/mol. The van der Waals surface area contributed by atoms with Gasteiger partial charge in [-0.05, 0) is 49.7 Å². The summed E-state index contributed by atoms with van der Waals surface area (Å²) in [5.41, 5.74) is 0.784. The summed E-state index contributed by atoms with van der Waals surface area (Å²) in [6, 6.07) is 5.33. The van der Waals surface area contributed by atoms with Gasteiger partial charge in [-0.25, -0.2) is 0 Å². The molecule has 0 bridgehead atoms. The van der Waals surface area contributed by atoms with Crippen molar-refractivity contribution in [2.45, 2.75) is 12.8 Å². The molecule has 0 aliphatic carbocycles. The van der Waals surface area contributed by atoms with E-state index in [1.54, 1.807) is 38.5 Å². The minimum absolute atomic E-state index is 0.0883. The molecule has 124 valence electrons. The summed E-state index contributed by atoms with van der Waals surface area (Å²) >= 11 is 0. The predicted octanol–water partition coefficient (Wildman–Crippen LogP) is 1.36. The Morgan fingerprint density at radius 3 is 2.52 bits per heavy atom. The topological polar surface area (TPSA) is 76.7 Å². The molecule has 0 atom stereocenters. The van der Waals surface area contributed by atoms with Crippen LogP contribution in [0.5, 0.6) is 11.5 Å². The summed E-state index contributed by atoms with van der Waals surface area (Å²) in [6.07, 6.45) is 4.50. The third kappa shape index (κ3) is 4.82. The molecule has 1 aromatic rings. The van der Waals surface area contributed by atoms with Crippen molar-refractivity contribution in [3.8, 4) is 11.5 Å². The second kappa shape index (κ2) is 8.33. The first-order valence-electron chi connectivity index (χ1n) is 7.59. The largest absolute Gasteiger partial charge is 0.493 e. The van der Waals surface area contributed by atoms with E-state index < -0.39 is 5.91 Å². The van der Waals surface area contributed by atoms with Gasteiger partial charge < -0.3 is 14.8 Å². The summed E-state index contributed by atoms with van der Waals surface area (Å²) in [4.78, 5) is 23.8. The van der Waals surface area contributed by atoms with Gasteiger partial charge in [0.1, 0.15) is 0 Å². The van der Waals surface area contributed by atoms with Gasteiger partial charge in [-0.15, -0.1) is 0 Å². The number of rotatable bonds is 5. The molecule has 0 spiro atoms. The van der Waals surface area contributed by atoms with Gasteiger partial charge in [0.2, 0.25) is 5.91 Å². The molecule has 2 amide bonds. The fraction of sp³-hybridized carbons (Fsp3) is 0.412. The average Bonchev–Trinajstić information content (AvgIpc) is 2.60. The molecule has 1 fully saturated rings. The van der Waals surface area contributed by atoms with Gasteiger partial charge in [0.15, 0.2) is 11.5 Å². The van der Waals surface area contributed by atoms with E-state index in [0.717, 1.165) is 31.5 Å². The lowest BCUT2D eigenvalue weighted by Gasteiger charge is -2.20. The van der Waals surface area contributed by atoms with Crippen LogP contribution in [0.4, 0.5) is 0 Å². The fourth-order valence-corrected chi connectivity index (χ4v) is 2.48. The first-order valence-corrected chi connectivity index (χ1v) is 7.59. The normalized spacial score (nSPS) is 15.4. The lowest BCUT2D eigenvalue weighted by atomic mass is 9.97. The maximum absolute atomic E-state index is 12.0. The third-order valence-electron chi connectivity index (χ3n) is 3.79. The van der Waals surface area contributed by atoms with Crippen LogP contribution < -0.4 is 20.1 Å². The summed E-state index contributed by atoms with van der Waals surface area (Å²) in [6.45, 7) is 1.63. The minimum Gasteiger partial charge on any atom is -0.493 e. The number of amides is 2. The molecule has 2 rings (SSSR count). The van der Waals surface area contributed by atoms with Crippen LogP contribution in [0.2, 0.25) is 0 Å². The van der Waals surface area contributed by atoms with E-state index in [1.165, 1.54) is 6.08 Å². The molecule has 6 nitrogen and oxygen atoms in total. The number of nitrogens with one attached hydrogen (secondary N) is 2. The molecule has 2 N–H and O–H groups in total. The van der Waals surface area contributed by atoms with Crippen LogP contribution >= 0.6 is 0 Å². The van der Waals surface area contributed by atoms with Crippen molar-refractivity contribution in [1.29, 1.82) is 0 Å². The van der Waals surface area contributed by atoms with E-state index in [9.17, 15) is 9.59 Å². The fourth-order valence-electron chi connectivity index (χ4n) is 2.48. The summed E-state index contributed by atoms with van der Waals surface area (Å²) < 4.78 is 10.4. The van der Waals surface area contributed by atoms with Gasteiger partial charge in [0.05, 0.1) is 14.2 Å². The molecule has 1 aliphatic rings. The van der Waals surface area contributed by atoms with Gasteiger partial charge >= 0.3 is 0 Å². The number of hydrogen-bond donors (Lipinski definition) is 2. The Bertz CT molecular complexity index is 592. The third-order valence-corrected chi connectivity index (χ3v) is 3.79. The number of carbonyl (C=O) groups is 2. The Morgan fingerprint density at radius 1 is 1.17 bits per heavy atom. The molecular formula is C17H22N2O4. The van der Waals surface area contributed by atoms with Crippen LogP contribution in [0, 0.1) is 5.92 Å². The Kier molecular flexibility index (Phi) is 6.17. The van der Waals surface area contributed by atoms with Crippen molar-refractivity contribution in [2.75, 3.05) is 27.3 Å². The molecule has 1 aromatic carbocycles. The van der Waals surface area contributed by atoms with Gasteiger partial charge in [0.25, 0.3) is 5.91 Å². The van der Waals surface area contributed by atoms with Gasteiger partial charge in [-0.2, -0.15) is 0 Å². The first kappa shape index (κ1) is 17.0.